The molecule has 3 rings (SSSR count). The molecule has 0 unspecified atom stereocenters. The fourth-order valence-electron chi connectivity index (χ4n) is 3.09. The van der Waals surface area contributed by atoms with Crippen LogP contribution in [0.1, 0.15) is 48.5 Å². The molecule has 2 fully saturated rings. The monoisotopic (exact) mass is 281 g/mol. The molecule has 1 aliphatic heterocycles. The zero-order chi connectivity index (χ0) is 13.1. The van der Waals surface area contributed by atoms with Gasteiger partial charge in [-0.25, -0.2) is 0 Å². The van der Waals surface area contributed by atoms with Crippen molar-refractivity contribution in [1.29, 1.82) is 0 Å². The minimum absolute atomic E-state index is 0.496. The first kappa shape index (κ1) is 13.5. The van der Waals surface area contributed by atoms with Gasteiger partial charge in [0.15, 0.2) is 0 Å². The van der Waals surface area contributed by atoms with Crippen molar-refractivity contribution in [3.05, 3.63) is 10.0 Å². The summed E-state index contributed by atoms with van der Waals surface area (Å²) in [7, 11) is 0. The largest absolute Gasteiger partial charge is 0.375 e. The summed E-state index contributed by atoms with van der Waals surface area (Å²) in [6.45, 7) is 5.25. The van der Waals surface area contributed by atoms with Crippen LogP contribution in [0.25, 0.3) is 0 Å². The van der Waals surface area contributed by atoms with E-state index in [1.165, 1.54) is 38.5 Å². The van der Waals surface area contributed by atoms with Gasteiger partial charge in [-0.1, -0.05) is 12.8 Å². The maximum absolute atomic E-state index is 6.20. The topological polar surface area (TPSA) is 38.2 Å². The number of ether oxygens (including phenoxy) is 1. The number of likely N-dealkylation sites (tertiary alicyclic amines) is 1. The van der Waals surface area contributed by atoms with Crippen LogP contribution in [0.3, 0.4) is 0 Å². The third-order valence-electron chi connectivity index (χ3n) is 4.15. The smallest absolute Gasteiger partial charge is 0.131 e. The van der Waals surface area contributed by atoms with Gasteiger partial charge < -0.3 is 4.74 Å². The van der Waals surface area contributed by atoms with Crippen LogP contribution in [0.2, 0.25) is 0 Å². The minimum Gasteiger partial charge on any atom is -0.375 e. The first-order valence-electron chi connectivity index (χ1n) is 7.46. The molecule has 1 aromatic rings. The maximum atomic E-state index is 6.20. The Bertz CT molecular complexity index is 395. The number of rotatable bonds is 4. The van der Waals surface area contributed by atoms with Crippen LogP contribution in [0.15, 0.2) is 0 Å². The lowest BCUT2D eigenvalue weighted by Crippen LogP contribution is -2.37. The van der Waals surface area contributed by atoms with Crippen LogP contribution >= 0.6 is 11.3 Å². The summed E-state index contributed by atoms with van der Waals surface area (Å²) in [5, 5.41) is 10.5. The molecule has 0 spiro atoms. The molecule has 2 aliphatic rings. The molecule has 0 N–H and O–H groups in total. The van der Waals surface area contributed by atoms with Crippen LogP contribution < -0.4 is 0 Å². The molecule has 0 amide bonds. The molecular formula is C14H23N3OS. The van der Waals surface area contributed by atoms with E-state index in [9.17, 15) is 0 Å². The zero-order valence-electron chi connectivity index (χ0n) is 11.7. The van der Waals surface area contributed by atoms with E-state index in [2.05, 4.69) is 15.1 Å². The summed E-state index contributed by atoms with van der Waals surface area (Å²) in [6, 6.07) is 0. The predicted octanol–water partition coefficient (Wildman–Crippen LogP) is 2.77. The van der Waals surface area contributed by atoms with Gasteiger partial charge in [-0.15, -0.1) is 21.5 Å². The van der Waals surface area contributed by atoms with Crippen molar-refractivity contribution in [3.63, 3.8) is 0 Å². The second-order valence-electron chi connectivity index (χ2n) is 5.73. The molecule has 4 nitrogen and oxygen atoms in total. The van der Waals surface area contributed by atoms with Crippen LogP contribution in [0.5, 0.6) is 0 Å². The summed E-state index contributed by atoms with van der Waals surface area (Å²) in [6.07, 6.45) is 8.69. The van der Waals surface area contributed by atoms with Crippen molar-refractivity contribution >= 4 is 11.3 Å². The van der Waals surface area contributed by atoms with Gasteiger partial charge in [-0.3, -0.25) is 4.90 Å². The van der Waals surface area contributed by atoms with Crippen LogP contribution in [-0.4, -0.2) is 40.4 Å². The van der Waals surface area contributed by atoms with Crippen molar-refractivity contribution < 1.29 is 4.74 Å². The molecule has 19 heavy (non-hydrogen) atoms. The molecule has 5 heteroatoms. The minimum atomic E-state index is 0.496. The summed E-state index contributed by atoms with van der Waals surface area (Å²) in [4.78, 5) is 2.48. The second kappa shape index (κ2) is 6.29. The molecule has 1 saturated heterocycles. The molecular weight excluding hydrogens is 258 g/mol. The number of hydrogen-bond donors (Lipinski definition) is 0. The van der Waals surface area contributed by atoms with E-state index in [1.54, 1.807) is 11.3 Å². The van der Waals surface area contributed by atoms with Gasteiger partial charge in [0.05, 0.1) is 18.8 Å². The van der Waals surface area contributed by atoms with E-state index in [1.807, 2.05) is 6.92 Å². The molecule has 1 aliphatic carbocycles. The SMILES string of the molecule is Cc1nnc(CN2CCC(OC3CCCC3)CC2)s1. The van der Waals surface area contributed by atoms with Crippen molar-refractivity contribution in [2.24, 2.45) is 0 Å². The van der Waals surface area contributed by atoms with E-state index >= 15 is 0 Å². The van der Waals surface area contributed by atoms with Crippen molar-refractivity contribution in [1.82, 2.24) is 15.1 Å². The number of piperidine rings is 1. The summed E-state index contributed by atoms with van der Waals surface area (Å²) in [5.41, 5.74) is 0. The first-order valence-corrected chi connectivity index (χ1v) is 8.28. The standard InChI is InChI=1S/C14H23N3OS/c1-11-15-16-14(19-11)10-17-8-6-13(7-9-17)18-12-4-2-3-5-12/h12-13H,2-10H2,1H3. The molecule has 2 heterocycles. The molecule has 1 saturated carbocycles. The second-order valence-corrected chi connectivity index (χ2v) is 7.00. The lowest BCUT2D eigenvalue weighted by Gasteiger charge is -2.32. The highest BCUT2D eigenvalue weighted by molar-refractivity contribution is 7.11. The Morgan fingerprint density at radius 1 is 1.11 bits per heavy atom. The van der Waals surface area contributed by atoms with E-state index in [0.29, 0.717) is 12.2 Å². The predicted molar refractivity (Wildman–Crippen MR) is 76.3 cm³/mol. The summed E-state index contributed by atoms with van der Waals surface area (Å²) >= 11 is 1.71. The summed E-state index contributed by atoms with van der Waals surface area (Å²) < 4.78 is 6.20. The number of hydrogen-bond acceptors (Lipinski definition) is 5. The van der Waals surface area contributed by atoms with Gasteiger partial charge >= 0.3 is 0 Å². The Morgan fingerprint density at radius 2 is 1.79 bits per heavy atom. The van der Waals surface area contributed by atoms with E-state index in [0.717, 1.165) is 29.6 Å². The van der Waals surface area contributed by atoms with E-state index in [4.69, 9.17) is 4.74 Å². The van der Waals surface area contributed by atoms with Gasteiger partial charge in [0.1, 0.15) is 10.0 Å². The van der Waals surface area contributed by atoms with Crippen molar-refractivity contribution in [3.8, 4) is 0 Å². The average Bonchev–Trinajstić information content (AvgIpc) is 3.04. The Hall–Kier alpha value is -0.520. The van der Waals surface area contributed by atoms with Gasteiger partial charge in [0, 0.05) is 13.1 Å². The Kier molecular flexibility index (Phi) is 4.45. The van der Waals surface area contributed by atoms with E-state index < -0.39 is 0 Å². The molecule has 0 atom stereocenters. The lowest BCUT2D eigenvalue weighted by atomic mass is 10.1. The van der Waals surface area contributed by atoms with Gasteiger partial charge in [0.25, 0.3) is 0 Å². The van der Waals surface area contributed by atoms with Crippen molar-refractivity contribution in [2.45, 2.75) is 64.2 Å². The lowest BCUT2D eigenvalue weighted by molar-refractivity contribution is -0.0400. The Balaban J connectivity index is 1.41. The number of aryl methyl sites for hydroxylation is 1. The Labute approximate surface area is 119 Å². The van der Waals surface area contributed by atoms with Crippen LogP contribution in [0, 0.1) is 6.92 Å². The highest BCUT2D eigenvalue weighted by Gasteiger charge is 2.25. The third kappa shape index (κ3) is 3.74. The fourth-order valence-corrected chi connectivity index (χ4v) is 3.84. The highest BCUT2D eigenvalue weighted by Crippen LogP contribution is 2.26. The summed E-state index contributed by atoms with van der Waals surface area (Å²) in [5.74, 6) is 0. The van der Waals surface area contributed by atoms with Gasteiger partial charge in [0.2, 0.25) is 0 Å². The Morgan fingerprint density at radius 3 is 2.42 bits per heavy atom. The zero-order valence-corrected chi connectivity index (χ0v) is 12.5. The maximum Gasteiger partial charge on any atom is 0.131 e. The molecule has 106 valence electrons. The van der Waals surface area contributed by atoms with Crippen molar-refractivity contribution in [2.75, 3.05) is 13.1 Å². The first-order chi connectivity index (χ1) is 9.29. The quantitative estimate of drug-likeness (QED) is 0.850. The van der Waals surface area contributed by atoms with E-state index in [-0.39, 0.29) is 0 Å². The average molecular weight is 281 g/mol. The van der Waals surface area contributed by atoms with Gasteiger partial charge in [-0.05, 0) is 32.6 Å². The van der Waals surface area contributed by atoms with Gasteiger partial charge in [-0.2, -0.15) is 0 Å². The number of nitrogens with zero attached hydrogens (tertiary/aromatic N) is 3. The van der Waals surface area contributed by atoms with Crippen LogP contribution in [0.4, 0.5) is 0 Å². The molecule has 0 aromatic carbocycles. The normalized spacial score (nSPS) is 23.2. The fraction of sp³-hybridized carbons (Fsp3) is 0.857. The molecule has 0 bridgehead atoms. The highest BCUT2D eigenvalue weighted by atomic mass is 32.1. The molecule has 0 radical (unpaired) electrons. The van der Waals surface area contributed by atoms with Crippen LogP contribution in [-0.2, 0) is 11.3 Å². The third-order valence-corrected chi connectivity index (χ3v) is 4.97. The molecule has 1 aromatic heterocycles. The number of aromatic nitrogens is 2.